The molecule has 2 rings (SSSR count). The lowest BCUT2D eigenvalue weighted by Gasteiger charge is -2.21. The normalized spacial score (nSPS) is 17.9. The van der Waals surface area contributed by atoms with Crippen LogP contribution in [0.4, 0.5) is 4.39 Å². The van der Waals surface area contributed by atoms with Gasteiger partial charge >= 0.3 is 5.97 Å². The number of carbonyl (C=O) groups is 1. The zero-order chi connectivity index (χ0) is 13.2. The number of rotatable bonds is 4. The quantitative estimate of drug-likeness (QED) is 0.826. The summed E-state index contributed by atoms with van der Waals surface area (Å²) < 4.78 is 13.2. The first kappa shape index (κ1) is 13.4. The number of carboxylic acids is 1. The van der Waals surface area contributed by atoms with E-state index in [2.05, 4.69) is 0 Å². The minimum Gasteiger partial charge on any atom is -0.478 e. The van der Waals surface area contributed by atoms with Gasteiger partial charge in [-0.2, -0.15) is 0 Å². The molecule has 0 radical (unpaired) electrons. The molecule has 1 aliphatic carbocycles. The molecule has 1 aliphatic rings. The molecule has 1 fully saturated rings. The van der Waals surface area contributed by atoms with Gasteiger partial charge in [-0.1, -0.05) is 12.8 Å². The maximum atomic E-state index is 13.2. The third-order valence-electron chi connectivity index (χ3n) is 3.21. The molecule has 0 amide bonds. The van der Waals surface area contributed by atoms with Gasteiger partial charge in [0.1, 0.15) is 5.82 Å². The van der Waals surface area contributed by atoms with Crippen molar-refractivity contribution >= 4 is 17.7 Å². The van der Waals surface area contributed by atoms with Gasteiger partial charge in [0.15, 0.2) is 0 Å². The monoisotopic (exact) mass is 270 g/mol. The number of hydrogen-bond donors (Lipinski definition) is 2. The first-order valence-corrected chi connectivity index (χ1v) is 6.87. The van der Waals surface area contributed by atoms with Crippen molar-refractivity contribution in [3.8, 4) is 0 Å². The molecule has 5 heteroatoms. The van der Waals surface area contributed by atoms with Gasteiger partial charge in [-0.25, -0.2) is 9.18 Å². The third kappa shape index (κ3) is 3.03. The zero-order valence-electron chi connectivity index (χ0n) is 9.86. The Kier molecular flexibility index (Phi) is 3.92. The summed E-state index contributed by atoms with van der Waals surface area (Å²) >= 11 is 1.38. The van der Waals surface area contributed by atoms with Crippen molar-refractivity contribution in [1.82, 2.24) is 0 Å². The maximum Gasteiger partial charge on any atom is 0.338 e. The van der Waals surface area contributed by atoms with Crippen molar-refractivity contribution in [1.29, 1.82) is 0 Å². The van der Waals surface area contributed by atoms with Crippen molar-refractivity contribution in [3.05, 3.63) is 29.6 Å². The number of benzene rings is 1. The summed E-state index contributed by atoms with van der Waals surface area (Å²) in [5, 5.41) is 19.0. The molecule has 0 saturated heterocycles. The molecular weight excluding hydrogens is 255 g/mol. The Hall–Kier alpha value is -1.07. The average molecular weight is 270 g/mol. The minimum absolute atomic E-state index is 0.321. The third-order valence-corrected chi connectivity index (χ3v) is 4.48. The number of halogens is 1. The van der Waals surface area contributed by atoms with E-state index in [1.165, 1.54) is 17.8 Å². The number of hydrogen-bond acceptors (Lipinski definition) is 3. The molecule has 0 aliphatic heterocycles. The van der Waals surface area contributed by atoms with Crippen LogP contribution in [0.2, 0.25) is 0 Å². The van der Waals surface area contributed by atoms with Crippen LogP contribution in [0.25, 0.3) is 0 Å². The van der Waals surface area contributed by atoms with Crippen LogP contribution in [-0.4, -0.2) is 27.5 Å². The summed E-state index contributed by atoms with van der Waals surface area (Å²) in [6, 6.07) is 4.02. The lowest BCUT2D eigenvalue weighted by Crippen LogP contribution is -2.27. The Morgan fingerprint density at radius 2 is 2.06 bits per heavy atom. The Balaban J connectivity index is 2.05. The lowest BCUT2D eigenvalue weighted by molar-refractivity contribution is 0.0691. The smallest absolute Gasteiger partial charge is 0.338 e. The molecule has 0 atom stereocenters. The Morgan fingerprint density at radius 1 is 1.39 bits per heavy atom. The van der Waals surface area contributed by atoms with Crippen LogP contribution in [0.15, 0.2) is 23.1 Å². The molecule has 0 spiro atoms. The molecule has 18 heavy (non-hydrogen) atoms. The summed E-state index contributed by atoms with van der Waals surface area (Å²) in [6.45, 7) is 0. The molecular formula is C13H15FO3S. The molecule has 1 aromatic carbocycles. The molecule has 98 valence electrons. The van der Waals surface area contributed by atoms with Gasteiger partial charge in [0.25, 0.3) is 0 Å². The van der Waals surface area contributed by atoms with Gasteiger partial charge in [-0.05, 0) is 31.0 Å². The highest BCUT2D eigenvalue weighted by Crippen LogP contribution is 2.35. The molecule has 0 unspecified atom stereocenters. The van der Waals surface area contributed by atoms with E-state index in [9.17, 15) is 14.3 Å². The second-order valence-electron chi connectivity index (χ2n) is 4.67. The number of carboxylic acid groups (broad SMARTS) is 1. The van der Waals surface area contributed by atoms with E-state index < -0.39 is 17.4 Å². The second kappa shape index (κ2) is 5.28. The van der Waals surface area contributed by atoms with Crippen LogP contribution < -0.4 is 0 Å². The van der Waals surface area contributed by atoms with Crippen LogP contribution in [0, 0.1) is 5.82 Å². The van der Waals surface area contributed by atoms with Crippen molar-refractivity contribution in [2.75, 3.05) is 5.75 Å². The fourth-order valence-corrected chi connectivity index (χ4v) is 3.24. The highest BCUT2D eigenvalue weighted by molar-refractivity contribution is 7.99. The van der Waals surface area contributed by atoms with Gasteiger partial charge in [-0.15, -0.1) is 11.8 Å². The average Bonchev–Trinajstić information content (AvgIpc) is 2.75. The van der Waals surface area contributed by atoms with E-state index >= 15 is 0 Å². The van der Waals surface area contributed by atoms with Crippen molar-refractivity contribution in [2.24, 2.45) is 0 Å². The van der Waals surface area contributed by atoms with E-state index in [0.29, 0.717) is 10.6 Å². The van der Waals surface area contributed by atoms with Gasteiger partial charge in [-0.3, -0.25) is 0 Å². The summed E-state index contributed by atoms with van der Waals surface area (Å²) in [6.07, 6.45) is 3.63. The van der Waals surface area contributed by atoms with Crippen LogP contribution in [0.3, 0.4) is 0 Å². The number of aromatic carboxylic acids is 1. The van der Waals surface area contributed by atoms with Gasteiger partial charge in [0.2, 0.25) is 0 Å². The summed E-state index contributed by atoms with van der Waals surface area (Å²) in [5.41, 5.74) is -0.971. The first-order chi connectivity index (χ1) is 8.50. The summed E-state index contributed by atoms with van der Waals surface area (Å²) in [4.78, 5) is 11.5. The van der Waals surface area contributed by atoms with E-state index in [0.717, 1.165) is 31.7 Å². The zero-order valence-corrected chi connectivity index (χ0v) is 10.7. The van der Waals surface area contributed by atoms with Crippen molar-refractivity contribution < 1.29 is 19.4 Å². The van der Waals surface area contributed by atoms with Gasteiger partial charge in [0, 0.05) is 10.6 Å². The highest BCUT2D eigenvalue weighted by atomic mass is 32.2. The van der Waals surface area contributed by atoms with E-state index in [4.69, 9.17) is 5.11 Å². The summed E-state index contributed by atoms with van der Waals surface area (Å²) in [5.74, 6) is -1.47. The molecule has 1 saturated carbocycles. The predicted octanol–water partition coefficient (Wildman–Crippen LogP) is 2.92. The van der Waals surface area contributed by atoms with E-state index in [-0.39, 0.29) is 5.56 Å². The fourth-order valence-electron chi connectivity index (χ4n) is 2.15. The molecule has 2 N–H and O–H groups in total. The first-order valence-electron chi connectivity index (χ1n) is 5.88. The molecule has 0 aromatic heterocycles. The largest absolute Gasteiger partial charge is 0.478 e. The molecule has 0 heterocycles. The number of thioether (sulfide) groups is 1. The lowest BCUT2D eigenvalue weighted by atomic mass is 10.1. The maximum absolute atomic E-state index is 13.2. The minimum atomic E-state index is -1.27. The van der Waals surface area contributed by atoms with Gasteiger partial charge < -0.3 is 10.2 Å². The van der Waals surface area contributed by atoms with Gasteiger partial charge in [0.05, 0.1) is 11.2 Å². The van der Waals surface area contributed by atoms with Crippen LogP contribution in [0.5, 0.6) is 0 Å². The predicted molar refractivity (Wildman–Crippen MR) is 67.5 cm³/mol. The molecule has 1 aromatic rings. The number of aliphatic hydroxyl groups is 1. The topological polar surface area (TPSA) is 57.5 Å². The SMILES string of the molecule is O=C(O)c1cc(SCC2(O)CCCC2)ccc1F. The Morgan fingerprint density at radius 3 is 2.67 bits per heavy atom. The second-order valence-corrected chi connectivity index (χ2v) is 5.72. The summed E-state index contributed by atoms with van der Waals surface area (Å²) in [7, 11) is 0. The Bertz CT molecular complexity index is 456. The van der Waals surface area contributed by atoms with Crippen LogP contribution in [0.1, 0.15) is 36.0 Å². The van der Waals surface area contributed by atoms with Crippen LogP contribution >= 0.6 is 11.8 Å². The fraction of sp³-hybridized carbons (Fsp3) is 0.462. The molecule has 0 bridgehead atoms. The van der Waals surface area contributed by atoms with E-state index in [1.807, 2.05) is 0 Å². The van der Waals surface area contributed by atoms with Crippen LogP contribution in [-0.2, 0) is 0 Å². The Labute approximate surface area is 109 Å². The van der Waals surface area contributed by atoms with E-state index in [1.54, 1.807) is 6.07 Å². The molecule has 3 nitrogen and oxygen atoms in total. The van der Waals surface area contributed by atoms with Crippen molar-refractivity contribution in [2.45, 2.75) is 36.2 Å². The standard InChI is InChI=1S/C13H15FO3S/c14-11-4-3-9(7-10(11)12(15)16)18-8-13(17)5-1-2-6-13/h3-4,7,17H,1-2,5-6,8H2,(H,15,16). The highest BCUT2D eigenvalue weighted by Gasteiger charge is 2.31. The van der Waals surface area contributed by atoms with Crippen molar-refractivity contribution in [3.63, 3.8) is 0 Å².